The molecular weight excluding hydrogens is 188 g/mol. The number of amides is 1. The Hall–Kier alpha value is -0.570. The van der Waals surface area contributed by atoms with Crippen LogP contribution in [0.5, 0.6) is 0 Å². The van der Waals surface area contributed by atoms with Crippen LogP contribution in [0, 0.1) is 17.8 Å². The van der Waals surface area contributed by atoms with Crippen LogP contribution in [0.2, 0.25) is 0 Å². The van der Waals surface area contributed by atoms with Crippen LogP contribution in [0.25, 0.3) is 0 Å². The molecule has 3 heteroatoms. The molecule has 0 aromatic heterocycles. The van der Waals surface area contributed by atoms with Crippen molar-refractivity contribution < 1.29 is 4.79 Å². The van der Waals surface area contributed by atoms with Gasteiger partial charge in [-0.25, -0.2) is 0 Å². The number of rotatable bonds is 3. The molecule has 0 bridgehead atoms. The molecular formula is C12H22N2O. The molecule has 1 aliphatic carbocycles. The van der Waals surface area contributed by atoms with Gasteiger partial charge in [-0.1, -0.05) is 13.8 Å². The van der Waals surface area contributed by atoms with Crippen LogP contribution in [0.4, 0.5) is 0 Å². The summed E-state index contributed by atoms with van der Waals surface area (Å²) in [5.74, 6) is 2.26. The Morgan fingerprint density at radius 2 is 2.13 bits per heavy atom. The smallest absolute Gasteiger partial charge is 0.237 e. The van der Waals surface area contributed by atoms with E-state index in [1.54, 1.807) is 0 Å². The van der Waals surface area contributed by atoms with Gasteiger partial charge in [0.25, 0.3) is 0 Å². The highest BCUT2D eigenvalue weighted by Gasteiger charge is 2.34. The summed E-state index contributed by atoms with van der Waals surface area (Å²) in [6, 6.07) is 0.0489. The number of nitrogens with one attached hydrogen (secondary N) is 2. The van der Waals surface area contributed by atoms with Crippen molar-refractivity contribution in [2.45, 2.75) is 39.2 Å². The number of carbonyl (C=O) groups excluding carboxylic acids is 1. The predicted molar refractivity (Wildman–Crippen MR) is 60.5 cm³/mol. The molecule has 0 spiro atoms. The van der Waals surface area contributed by atoms with Crippen LogP contribution in [0.15, 0.2) is 0 Å². The number of hydrogen-bond acceptors (Lipinski definition) is 2. The fourth-order valence-corrected chi connectivity index (χ4v) is 2.43. The van der Waals surface area contributed by atoms with Crippen molar-refractivity contribution in [2.24, 2.45) is 17.8 Å². The van der Waals surface area contributed by atoms with E-state index in [9.17, 15) is 4.79 Å². The van der Waals surface area contributed by atoms with Crippen molar-refractivity contribution in [1.29, 1.82) is 0 Å². The van der Waals surface area contributed by atoms with E-state index in [0.29, 0.717) is 5.92 Å². The van der Waals surface area contributed by atoms with Crippen LogP contribution in [0.1, 0.15) is 33.1 Å². The SMILES string of the molecule is CC1CC1CNC(=O)C1NCCCC1C. The molecule has 1 amide bonds. The largest absolute Gasteiger partial charge is 0.354 e. The van der Waals surface area contributed by atoms with Crippen LogP contribution in [0.3, 0.4) is 0 Å². The van der Waals surface area contributed by atoms with Crippen molar-refractivity contribution in [3.63, 3.8) is 0 Å². The summed E-state index contributed by atoms with van der Waals surface area (Å²) in [5.41, 5.74) is 0. The lowest BCUT2D eigenvalue weighted by Crippen LogP contribution is -2.51. The van der Waals surface area contributed by atoms with Gasteiger partial charge in [-0.2, -0.15) is 0 Å². The van der Waals surface area contributed by atoms with Gasteiger partial charge in [-0.15, -0.1) is 0 Å². The molecule has 3 nitrogen and oxygen atoms in total. The molecule has 0 radical (unpaired) electrons. The Labute approximate surface area is 92.0 Å². The summed E-state index contributed by atoms with van der Waals surface area (Å²) in [6.45, 7) is 6.28. The van der Waals surface area contributed by atoms with E-state index in [-0.39, 0.29) is 11.9 Å². The maximum Gasteiger partial charge on any atom is 0.237 e. The van der Waals surface area contributed by atoms with Crippen molar-refractivity contribution >= 4 is 5.91 Å². The molecule has 4 unspecified atom stereocenters. The first kappa shape index (κ1) is 10.9. The summed E-state index contributed by atoms with van der Waals surface area (Å²) in [6.07, 6.45) is 3.66. The molecule has 1 aliphatic heterocycles. The van der Waals surface area contributed by atoms with Gasteiger partial charge < -0.3 is 10.6 Å². The molecule has 1 saturated heterocycles. The van der Waals surface area contributed by atoms with Gasteiger partial charge in [0, 0.05) is 6.54 Å². The average molecular weight is 210 g/mol. The molecule has 4 atom stereocenters. The second-order valence-corrected chi connectivity index (χ2v) is 5.27. The minimum absolute atomic E-state index is 0.0489. The predicted octanol–water partition coefficient (Wildman–Crippen LogP) is 1.15. The molecule has 0 aromatic rings. The average Bonchev–Trinajstić information content (AvgIpc) is 2.92. The molecule has 2 rings (SSSR count). The molecule has 2 aliphatic rings. The van der Waals surface area contributed by atoms with Crippen LogP contribution in [-0.4, -0.2) is 25.0 Å². The fraction of sp³-hybridized carbons (Fsp3) is 0.917. The third-order valence-corrected chi connectivity index (χ3v) is 3.87. The Morgan fingerprint density at radius 3 is 2.73 bits per heavy atom. The van der Waals surface area contributed by atoms with Gasteiger partial charge >= 0.3 is 0 Å². The van der Waals surface area contributed by atoms with Gasteiger partial charge in [0.05, 0.1) is 6.04 Å². The lowest BCUT2D eigenvalue weighted by Gasteiger charge is -2.28. The van der Waals surface area contributed by atoms with Crippen LogP contribution >= 0.6 is 0 Å². The van der Waals surface area contributed by atoms with Crippen molar-refractivity contribution in [3.05, 3.63) is 0 Å². The number of carbonyl (C=O) groups is 1. The highest BCUT2D eigenvalue weighted by molar-refractivity contribution is 5.82. The van der Waals surface area contributed by atoms with E-state index < -0.39 is 0 Å². The summed E-state index contributed by atoms with van der Waals surface area (Å²) >= 11 is 0. The zero-order chi connectivity index (χ0) is 10.8. The summed E-state index contributed by atoms with van der Waals surface area (Å²) in [4.78, 5) is 11.9. The molecule has 1 saturated carbocycles. The second kappa shape index (κ2) is 4.52. The molecule has 0 aromatic carbocycles. The molecule has 2 N–H and O–H groups in total. The van der Waals surface area contributed by atoms with Crippen molar-refractivity contribution in [1.82, 2.24) is 10.6 Å². The monoisotopic (exact) mass is 210 g/mol. The highest BCUT2D eigenvalue weighted by atomic mass is 16.2. The zero-order valence-electron chi connectivity index (χ0n) is 9.75. The second-order valence-electron chi connectivity index (χ2n) is 5.27. The van der Waals surface area contributed by atoms with E-state index in [4.69, 9.17) is 0 Å². The van der Waals surface area contributed by atoms with Crippen LogP contribution in [-0.2, 0) is 4.79 Å². The molecule has 2 fully saturated rings. The van der Waals surface area contributed by atoms with E-state index >= 15 is 0 Å². The van der Waals surface area contributed by atoms with Gasteiger partial charge in [0.2, 0.25) is 5.91 Å². The Bertz CT molecular complexity index is 242. The first-order chi connectivity index (χ1) is 7.18. The Kier molecular flexibility index (Phi) is 3.29. The fourth-order valence-electron chi connectivity index (χ4n) is 2.43. The van der Waals surface area contributed by atoms with Gasteiger partial charge in [-0.05, 0) is 43.6 Å². The zero-order valence-corrected chi connectivity index (χ0v) is 9.75. The summed E-state index contributed by atoms with van der Waals surface area (Å²) < 4.78 is 0. The van der Waals surface area contributed by atoms with Gasteiger partial charge in [0.1, 0.15) is 0 Å². The Balaban J connectivity index is 1.73. The quantitative estimate of drug-likeness (QED) is 0.733. The standard InChI is InChI=1S/C12H22N2O/c1-8-4-3-5-13-11(8)12(15)14-7-10-6-9(10)2/h8-11,13H,3-7H2,1-2H3,(H,14,15). The first-order valence-electron chi connectivity index (χ1n) is 6.19. The van der Waals surface area contributed by atoms with Crippen molar-refractivity contribution in [2.75, 3.05) is 13.1 Å². The molecule has 86 valence electrons. The number of piperidine rings is 1. The molecule has 15 heavy (non-hydrogen) atoms. The van der Waals surface area contributed by atoms with Gasteiger partial charge in [0.15, 0.2) is 0 Å². The van der Waals surface area contributed by atoms with E-state index in [1.807, 2.05) is 0 Å². The topological polar surface area (TPSA) is 41.1 Å². The normalized spacial score (nSPS) is 39.9. The number of hydrogen-bond donors (Lipinski definition) is 2. The van der Waals surface area contributed by atoms with Gasteiger partial charge in [-0.3, -0.25) is 4.79 Å². The van der Waals surface area contributed by atoms with Crippen LogP contribution < -0.4 is 10.6 Å². The van der Waals surface area contributed by atoms with Crippen molar-refractivity contribution in [3.8, 4) is 0 Å². The lowest BCUT2D eigenvalue weighted by atomic mass is 9.92. The minimum atomic E-state index is 0.0489. The lowest BCUT2D eigenvalue weighted by molar-refractivity contribution is -0.124. The third-order valence-electron chi connectivity index (χ3n) is 3.87. The summed E-state index contributed by atoms with van der Waals surface area (Å²) in [7, 11) is 0. The maximum atomic E-state index is 11.9. The minimum Gasteiger partial charge on any atom is -0.354 e. The highest BCUT2D eigenvalue weighted by Crippen LogP contribution is 2.36. The van der Waals surface area contributed by atoms with E-state index in [2.05, 4.69) is 24.5 Å². The third kappa shape index (κ3) is 2.71. The maximum absolute atomic E-state index is 11.9. The van der Waals surface area contributed by atoms with E-state index in [0.717, 1.165) is 24.9 Å². The van der Waals surface area contributed by atoms with E-state index in [1.165, 1.54) is 19.3 Å². The first-order valence-corrected chi connectivity index (χ1v) is 6.19. The summed E-state index contributed by atoms with van der Waals surface area (Å²) in [5, 5.41) is 6.39. The Morgan fingerprint density at radius 1 is 1.40 bits per heavy atom. The molecule has 1 heterocycles.